The van der Waals surface area contributed by atoms with Gasteiger partial charge >= 0.3 is 0 Å². The monoisotopic (exact) mass is 272 g/mol. The van der Waals surface area contributed by atoms with Crippen LogP contribution in [0.5, 0.6) is 0 Å². The van der Waals surface area contributed by atoms with Gasteiger partial charge in [-0.25, -0.2) is 4.39 Å². The van der Waals surface area contributed by atoms with Gasteiger partial charge in [0, 0.05) is 39.3 Å². The lowest BCUT2D eigenvalue weighted by atomic mass is 10.1. The molecule has 1 aromatic heterocycles. The Bertz CT molecular complexity index is 389. The molecule has 0 bridgehead atoms. The molecule has 17 heavy (non-hydrogen) atoms. The Kier molecular flexibility index (Phi) is 4.33. The molecule has 0 saturated carbocycles. The van der Waals surface area contributed by atoms with E-state index in [-0.39, 0.29) is 17.1 Å². The minimum atomic E-state index is -0.295. The Morgan fingerprint density at radius 2 is 2.24 bits per heavy atom. The fourth-order valence-corrected chi connectivity index (χ4v) is 4.89. The fraction of sp³-hybridized carbons (Fsp3) is 0.583. The van der Waals surface area contributed by atoms with E-state index in [4.69, 9.17) is 5.73 Å². The van der Waals surface area contributed by atoms with E-state index in [1.165, 1.54) is 6.20 Å². The Labute approximate surface area is 110 Å². The summed E-state index contributed by atoms with van der Waals surface area (Å²) >= 11 is 3.80. The quantitative estimate of drug-likeness (QED) is 0.898. The molecule has 4 unspecified atom stereocenters. The molecule has 1 fully saturated rings. The van der Waals surface area contributed by atoms with Crippen molar-refractivity contribution in [2.45, 2.75) is 35.6 Å². The lowest BCUT2D eigenvalue weighted by Gasteiger charge is -2.34. The molecule has 1 aliphatic heterocycles. The van der Waals surface area contributed by atoms with Crippen molar-refractivity contribution in [1.82, 2.24) is 4.98 Å². The third-order valence-corrected chi connectivity index (χ3v) is 6.65. The van der Waals surface area contributed by atoms with Gasteiger partial charge in [-0.05, 0) is 6.07 Å². The third kappa shape index (κ3) is 2.95. The number of nitrogens with two attached hydrogens (primary N) is 1. The van der Waals surface area contributed by atoms with Crippen molar-refractivity contribution in [2.75, 3.05) is 5.75 Å². The van der Waals surface area contributed by atoms with Crippen LogP contribution in [0.3, 0.4) is 0 Å². The first-order chi connectivity index (χ1) is 8.09. The Hall–Kier alpha value is -0.260. The van der Waals surface area contributed by atoms with Gasteiger partial charge in [-0.3, -0.25) is 4.98 Å². The molecule has 94 valence electrons. The van der Waals surface area contributed by atoms with E-state index in [1.54, 1.807) is 12.3 Å². The van der Waals surface area contributed by atoms with Crippen LogP contribution < -0.4 is 5.73 Å². The minimum absolute atomic E-state index is 0.245. The van der Waals surface area contributed by atoms with Gasteiger partial charge in [-0.15, -0.1) is 0 Å². The first kappa shape index (κ1) is 13.2. The normalized spacial score (nSPS) is 31.2. The van der Waals surface area contributed by atoms with Crippen LogP contribution in [0.1, 0.15) is 25.5 Å². The second-order valence-electron chi connectivity index (χ2n) is 4.34. The summed E-state index contributed by atoms with van der Waals surface area (Å²) < 4.78 is 13.6. The van der Waals surface area contributed by atoms with Gasteiger partial charge in [-0.2, -0.15) is 23.5 Å². The number of halogens is 1. The van der Waals surface area contributed by atoms with Crippen LogP contribution in [0.4, 0.5) is 4.39 Å². The summed E-state index contributed by atoms with van der Waals surface area (Å²) in [6.45, 7) is 4.45. The van der Waals surface area contributed by atoms with Gasteiger partial charge in [0.2, 0.25) is 0 Å². The molecule has 1 aliphatic rings. The van der Waals surface area contributed by atoms with Crippen molar-refractivity contribution in [3.05, 3.63) is 29.8 Å². The van der Waals surface area contributed by atoms with Crippen molar-refractivity contribution >= 4 is 23.5 Å². The topological polar surface area (TPSA) is 38.9 Å². The zero-order valence-corrected chi connectivity index (χ0v) is 11.6. The van der Waals surface area contributed by atoms with E-state index in [0.717, 1.165) is 5.75 Å². The summed E-state index contributed by atoms with van der Waals surface area (Å²) in [6, 6.07) is 1.44. The van der Waals surface area contributed by atoms with Crippen LogP contribution in [0, 0.1) is 5.82 Å². The van der Waals surface area contributed by atoms with Gasteiger partial charge in [0.25, 0.3) is 0 Å². The summed E-state index contributed by atoms with van der Waals surface area (Å²) in [4.78, 5) is 3.76. The predicted molar refractivity (Wildman–Crippen MR) is 73.9 cm³/mol. The van der Waals surface area contributed by atoms with Gasteiger partial charge in [0.05, 0.1) is 6.20 Å². The SMILES string of the molecule is CC1SCC(C(N)c2ccncc2F)SC1C. The minimum Gasteiger partial charge on any atom is -0.323 e. The Balaban J connectivity index is 2.10. The molecule has 1 aromatic rings. The van der Waals surface area contributed by atoms with E-state index >= 15 is 0 Å². The lowest BCUT2D eigenvalue weighted by Crippen LogP contribution is -2.34. The number of hydrogen-bond acceptors (Lipinski definition) is 4. The molecule has 1 saturated heterocycles. The maximum atomic E-state index is 13.6. The molecule has 4 atom stereocenters. The van der Waals surface area contributed by atoms with E-state index in [9.17, 15) is 4.39 Å². The first-order valence-electron chi connectivity index (χ1n) is 5.71. The summed E-state index contributed by atoms with van der Waals surface area (Å²) in [7, 11) is 0. The zero-order chi connectivity index (χ0) is 12.4. The maximum Gasteiger partial charge on any atom is 0.146 e. The number of thioether (sulfide) groups is 2. The number of hydrogen-bond donors (Lipinski definition) is 1. The van der Waals surface area contributed by atoms with Crippen molar-refractivity contribution in [3.8, 4) is 0 Å². The highest BCUT2D eigenvalue weighted by atomic mass is 32.2. The van der Waals surface area contributed by atoms with E-state index in [2.05, 4.69) is 18.8 Å². The highest BCUT2D eigenvalue weighted by molar-refractivity contribution is 8.07. The summed E-state index contributed by atoms with van der Waals surface area (Å²) in [5.74, 6) is 0.691. The van der Waals surface area contributed by atoms with Gasteiger partial charge in [0.1, 0.15) is 5.82 Å². The standard InChI is InChI=1S/C12H17FN2S2/c1-7-8(2)17-11(6-16-7)12(14)9-3-4-15-5-10(9)13/h3-5,7-8,11-12H,6,14H2,1-2H3. The molecular weight excluding hydrogens is 255 g/mol. The highest BCUT2D eigenvalue weighted by Crippen LogP contribution is 2.40. The van der Waals surface area contributed by atoms with Crippen LogP contribution in [0.15, 0.2) is 18.5 Å². The van der Waals surface area contributed by atoms with Gasteiger partial charge in [-0.1, -0.05) is 13.8 Å². The molecule has 0 amide bonds. The number of aromatic nitrogens is 1. The molecule has 0 aliphatic carbocycles. The van der Waals surface area contributed by atoms with E-state index < -0.39 is 0 Å². The predicted octanol–water partition coefficient (Wildman–Crippen LogP) is 2.85. The number of rotatable bonds is 2. The van der Waals surface area contributed by atoms with Crippen LogP contribution in [-0.2, 0) is 0 Å². The highest BCUT2D eigenvalue weighted by Gasteiger charge is 2.31. The second-order valence-corrected chi connectivity index (χ2v) is 7.37. The molecule has 0 aromatic carbocycles. The number of pyridine rings is 1. The summed E-state index contributed by atoms with van der Waals surface area (Å²) in [5.41, 5.74) is 6.76. The van der Waals surface area contributed by atoms with Crippen molar-refractivity contribution < 1.29 is 4.39 Å². The van der Waals surface area contributed by atoms with Gasteiger partial charge < -0.3 is 5.73 Å². The van der Waals surface area contributed by atoms with Crippen molar-refractivity contribution in [2.24, 2.45) is 5.73 Å². The number of nitrogens with zero attached hydrogens (tertiary/aromatic N) is 1. The molecule has 2 rings (SSSR count). The van der Waals surface area contributed by atoms with E-state index in [0.29, 0.717) is 16.1 Å². The smallest absolute Gasteiger partial charge is 0.146 e. The van der Waals surface area contributed by atoms with E-state index in [1.807, 2.05) is 23.5 Å². The molecule has 2 N–H and O–H groups in total. The molecular formula is C12H17FN2S2. The second kappa shape index (κ2) is 5.59. The third-order valence-electron chi connectivity index (χ3n) is 3.14. The van der Waals surface area contributed by atoms with Crippen molar-refractivity contribution in [1.29, 1.82) is 0 Å². The van der Waals surface area contributed by atoms with Crippen LogP contribution in [0.2, 0.25) is 0 Å². The average Bonchev–Trinajstić information content (AvgIpc) is 2.32. The largest absolute Gasteiger partial charge is 0.323 e. The summed E-state index contributed by atoms with van der Waals surface area (Å²) in [5, 5.41) is 1.49. The fourth-order valence-electron chi connectivity index (χ4n) is 1.85. The Morgan fingerprint density at radius 1 is 1.47 bits per heavy atom. The van der Waals surface area contributed by atoms with Crippen LogP contribution in [-0.4, -0.2) is 26.5 Å². The molecule has 0 radical (unpaired) electrons. The van der Waals surface area contributed by atoms with Crippen molar-refractivity contribution in [3.63, 3.8) is 0 Å². The lowest BCUT2D eigenvalue weighted by molar-refractivity contribution is 0.573. The zero-order valence-electron chi connectivity index (χ0n) is 9.97. The summed E-state index contributed by atoms with van der Waals surface area (Å²) in [6.07, 6.45) is 2.84. The first-order valence-corrected chi connectivity index (χ1v) is 7.71. The molecule has 2 nitrogen and oxygen atoms in total. The Morgan fingerprint density at radius 3 is 2.88 bits per heavy atom. The molecule has 5 heteroatoms. The van der Waals surface area contributed by atoms with Crippen LogP contribution >= 0.6 is 23.5 Å². The molecule has 2 heterocycles. The average molecular weight is 272 g/mol. The van der Waals surface area contributed by atoms with Gasteiger partial charge in [0.15, 0.2) is 0 Å². The maximum absolute atomic E-state index is 13.6. The molecule has 0 spiro atoms. The van der Waals surface area contributed by atoms with Crippen LogP contribution in [0.25, 0.3) is 0 Å².